The molecule has 0 aromatic rings. The second kappa shape index (κ2) is 5.56. The van der Waals surface area contributed by atoms with Crippen molar-refractivity contribution in [1.29, 1.82) is 0 Å². The Hall–Kier alpha value is -0.220. The first kappa shape index (κ1) is 9.78. The zero-order valence-electron chi connectivity index (χ0n) is 6.16. The summed E-state index contributed by atoms with van der Waals surface area (Å²) in [4.78, 5) is 10.3. The number of carboxylic acid groups (broad SMARTS) is 1. The highest BCUT2D eigenvalue weighted by Crippen LogP contribution is 2.15. The molecule has 0 aromatic heterocycles. The van der Waals surface area contributed by atoms with Crippen molar-refractivity contribution in [3.8, 4) is 0 Å². The lowest BCUT2D eigenvalue weighted by molar-refractivity contribution is -0.136. The smallest absolute Gasteiger partial charge is 0.318 e. The summed E-state index contributed by atoms with van der Waals surface area (Å²) >= 11 is 1.03. The summed E-state index contributed by atoms with van der Waals surface area (Å²) in [6, 6.07) is 0. The molecule has 0 radical (unpaired) electrons. The van der Waals surface area contributed by atoms with Gasteiger partial charge >= 0.3 is 5.97 Å². The van der Waals surface area contributed by atoms with E-state index in [9.17, 15) is 4.79 Å². The number of hydrogen-bond donors (Lipinski definition) is 1. The third-order valence-electron chi connectivity index (χ3n) is 0.948. The van der Waals surface area contributed by atoms with E-state index in [2.05, 4.69) is 0 Å². The molecule has 0 heterocycles. The number of aliphatic carboxylic acids is 1. The summed E-state index contributed by atoms with van der Waals surface area (Å²) in [5, 5.41) is 8.08. The maximum absolute atomic E-state index is 10.3. The van der Waals surface area contributed by atoms with Gasteiger partial charge in [0.2, 0.25) is 0 Å². The molecule has 1 N–H and O–H groups in total. The Balaban J connectivity index is 3.50. The topological polar surface area (TPSA) is 46.5 Å². The largest absolute Gasteiger partial charge is 0.480 e. The highest BCUT2D eigenvalue weighted by atomic mass is 32.2. The van der Waals surface area contributed by atoms with Gasteiger partial charge in [-0.2, -0.15) is 0 Å². The lowest BCUT2D eigenvalue weighted by Gasteiger charge is -2.06. The van der Waals surface area contributed by atoms with Gasteiger partial charge in [-0.05, 0) is 13.3 Å². The standard InChI is InChI=1S/C6H12O3S/c1-3-5(6(7)8)10-9-4-2/h5H,3-4H2,1-2H3,(H,7,8). The molecule has 1 unspecified atom stereocenters. The number of carboxylic acids is 1. The van der Waals surface area contributed by atoms with Crippen LogP contribution in [0.25, 0.3) is 0 Å². The molecule has 0 fully saturated rings. The Morgan fingerprint density at radius 3 is 2.60 bits per heavy atom. The quantitative estimate of drug-likeness (QED) is 0.626. The van der Waals surface area contributed by atoms with Crippen molar-refractivity contribution < 1.29 is 14.1 Å². The summed E-state index contributed by atoms with van der Waals surface area (Å²) in [5.74, 6) is -0.805. The van der Waals surface area contributed by atoms with Crippen LogP contribution in [0.4, 0.5) is 0 Å². The van der Waals surface area contributed by atoms with Gasteiger partial charge < -0.3 is 9.29 Å². The van der Waals surface area contributed by atoms with E-state index in [4.69, 9.17) is 9.29 Å². The van der Waals surface area contributed by atoms with Gasteiger partial charge in [-0.3, -0.25) is 4.79 Å². The predicted octanol–water partition coefficient (Wildman–Crippen LogP) is 1.53. The van der Waals surface area contributed by atoms with Crippen molar-refractivity contribution in [2.24, 2.45) is 0 Å². The molecule has 0 saturated carbocycles. The molecular weight excluding hydrogens is 152 g/mol. The van der Waals surface area contributed by atoms with Crippen LogP contribution < -0.4 is 0 Å². The molecule has 0 amide bonds. The molecule has 0 rings (SSSR count). The van der Waals surface area contributed by atoms with Crippen LogP contribution in [0, 0.1) is 0 Å². The molecule has 0 aliphatic heterocycles. The average Bonchev–Trinajstić information content (AvgIpc) is 1.89. The van der Waals surface area contributed by atoms with Crippen LogP contribution in [0.2, 0.25) is 0 Å². The molecule has 0 bridgehead atoms. The minimum Gasteiger partial charge on any atom is -0.480 e. The number of hydrogen-bond acceptors (Lipinski definition) is 3. The molecule has 0 spiro atoms. The van der Waals surface area contributed by atoms with Crippen molar-refractivity contribution in [1.82, 2.24) is 0 Å². The molecule has 0 aromatic carbocycles. The van der Waals surface area contributed by atoms with Gasteiger partial charge in [-0.25, -0.2) is 0 Å². The fourth-order valence-electron chi connectivity index (χ4n) is 0.434. The van der Waals surface area contributed by atoms with Crippen molar-refractivity contribution in [3.63, 3.8) is 0 Å². The van der Waals surface area contributed by atoms with Gasteiger partial charge in [0.15, 0.2) is 0 Å². The van der Waals surface area contributed by atoms with Crippen molar-refractivity contribution in [2.45, 2.75) is 25.5 Å². The van der Waals surface area contributed by atoms with E-state index in [1.54, 1.807) is 0 Å². The summed E-state index contributed by atoms with van der Waals surface area (Å²) in [5.41, 5.74) is 0. The maximum atomic E-state index is 10.3. The summed E-state index contributed by atoms with van der Waals surface area (Å²) < 4.78 is 4.88. The first-order valence-corrected chi connectivity index (χ1v) is 4.03. The predicted molar refractivity (Wildman–Crippen MR) is 40.9 cm³/mol. The van der Waals surface area contributed by atoms with E-state index in [1.807, 2.05) is 13.8 Å². The Morgan fingerprint density at radius 2 is 2.30 bits per heavy atom. The lowest BCUT2D eigenvalue weighted by atomic mass is 10.3. The van der Waals surface area contributed by atoms with E-state index in [0.29, 0.717) is 13.0 Å². The average molecular weight is 164 g/mol. The molecular formula is C6H12O3S. The van der Waals surface area contributed by atoms with E-state index >= 15 is 0 Å². The lowest BCUT2D eigenvalue weighted by Crippen LogP contribution is -2.15. The monoisotopic (exact) mass is 164 g/mol. The molecule has 4 heteroatoms. The van der Waals surface area contributed by atoms with Crippen molar-refractivity contribution >= 4 is 18.0 Å². The van der Waals surface area contributed by atoms with E-state index in [-0.39, 0.29) is 0 Å². The van der Waals surface area contributed by atoms with Crippen LogP contribution in [-0.4, -0.2) is 22.9 Å². The normalized spacial score (nSPS) is 13.0. The van der Waals surface area contributed by atoms with E-state index in [0.717, 1.165) is 12.0 Å². The molecule has 0 aliphatic rings. The first-order chi connectivity index (χ1) is 4.72. The minimum absolute atomic E-state index is 0.417. The Morgan fingerprint density at radius 1 is 1.70 bits per heavy atom. The van der Waals surface area contributed by atoms with Crippen LogP contribution in [0.15, 0.2) is 0 Å². The Bertz CT molecular complexity index is 105. The van der Waals surface area contributed by atoms with Gasteiger partial charge in [0.05, 0.1) is 6.61 Å². The Labute approximate surface area is 65.0 Å². The first-order valence-electron chi connectivity index (χ1n) is 3.23. The van der Waals surface area contributed by atoms with Crippen molar-refractivity contribution in [2.75, 3.05) is 6.61 Å². The molecule has 10 heavy (non-hydrogen) atoms. The minimum atomic E-state index is -0.805. The van der Waals surface area contributed by atoms with Gasteiger partial charge in [0, 0.05) is 12.0 Å². The zero-order valence-corrected chi connectivity index (χ0v) is 6.98. The fraction of sp³-hybridized carbons (Fsp3) is 0.833. The van der Waals surface area contributed by atoms with Gasteiger partial charge in [0.25, 0.3) is 0 Å². The number of rotatable bonds is 5. The van der Waals surface area contributed by atoms with Crippen LogP contribution >= 0.6 is 12.0 Å². The van der Waals surface area contributed by atoms with Crippen LogP contribution in [0.5, 0.6) is 0 Å². The summed E-state index contributed by atoms with van der Waals surface area (Å²) in [6.45, 7) is 4.21. The zero-order chi connectivity index (χ0) is 7.98. The van der Waals surface area contributed by atoms with Crippen molar-refractivity contribution in [3.05, 3.63) is 0 Å². The molecule has 60 valence electrons. The molecule has 0 saturated heterocycles. The highest BCUT2D eigenvalue weighted by Gasteiger charge is 2.15. The van der Waals surface area contributed by atoms with E-state index < -0.39 is 11.2 Å². The molecule has 0 aliphatic carbocycles. The molecule has 3 nitrogen and oxygen atoms in total. The maximum Gasteiger partial charge on any atom is 0.318 e. The summed E-state index contributed by atoms with van der Waals surface area (Å²) in [6.07, 6.45) is 0.597. The fourth-order valence-corrected chi connectivity index (χ4v) is 0.953. The molecule has 1 atom stereocenters. The van der Waals surface area contributed by atoms with E-state index in [1.165, 1.54) is 0 Å². The second-order valence-electron chi connectivity index (χ2n) is 1.74. The highest BCUT2D eigenvalue weighted by molar-refractivity contribution is 7.96. The van der Waals surface area contributed by atoms with Gasteiger partial charge in [-0.1, -0.05) is 6.92 Å². The van der Waals surface area contributed by atoms with Crippen LogP contribution in [-0.2, 0) is 8.98 Å². The van der Waals surface area contributed by atoms with Crippen LogP contribution in [0.1, 0.15) is 20.3 Å². The third-order valence-corrected chi connectivity index (χ3v) is 2.09. The third kappa shape index (κ3) is 3.74. The number of carbonyl (C=O) groups is 1. The van der Waals surface area contributed by atoms with Crippen LogP contribution in [0.3, 0.4) is 0 Å². The SMILES string of the molecule is CCOSC(CC)C(=O)O. The van der Waals surface area contributed by atoms with Gasteiger partial charge in [-0.15, -0.1) is 0 Å². The second-order valence-corrected chi connectivity index (χ2v) is 2.74. The van der Waals surface area contributed by atoms with Gasteiger partial charge in [0.1, 0.15) is 5.25 Å². The summed E-state index contributed by atoms with van der Waals surface area (Å²) in [7, 11) is 0. The Kier molecular flexibility index (Phi) is 5.43.